The molecule has 0 aromatic heterocycles. The van der Waals surface area contributed by atoms with Crippen molar-refractivity contribution in [3.63, 3.8) is 0 Å². The van der Waals surface area contributed by atoms with Crippen LogP contribution in [-0.2, 0) is 6.54 Å². The van der Waals surface area contributed by atoms with E-state index in [0.29, 0.717) is 10.6 Å². The van der Waals surface area contributed by atoms with Gasteiger partial charge in [0.15, 0.2) is 0 Å². The molecule has 0 amide bonds. The molecule has 0 aliphatic carbocycles. The maximum Gasteiger partial charge on any atom is 0.127 e. The lowest BCUT2D eigenvalue weighted by Gasteiger charge is -2.09. The Morgan fingerprint density at radius 1 is 1.21 bits per heavy atom. The molecule has 0 unspecified atom stereocenters. The molecule has 0 aliphatic rings. The Hall–Kier alpha value is -1.38. The third kappa shape index (κ3) is 3.34. The van der Waals surface area contributed by atoms with Crippen molar-refractivity contribution in [3.05, 3.63) is 58.4 Å². The molecule has 0 aliphatic heterocycles. The van der Waals surface area contributed by atoms with E-state index < -0.39 is 0 Å². The van der Waals surface area contributed by atoms with E-state index in [1.54, 1.807) is 13.0 Å². The van der Waals surface area contributed by atoms with Gasteiger partial charge in [0.2, 0.25) is 0 Å². The highest BCUT2D eigenvalue weighted by molar-refractivity contribution is 6.33. The molecule has 2 aromatic rings. The second-order valence-corrected chi connectivity index (χ2v) is 4.97. The lowest BCUT2D eigenvalue weighted by molar-refractivity contribution is 0.619. The molecule has 0 fully saturated rings. The molecule has 2 rings (SSSR count). The predicted octanol–water partition coefficient (Wildman–Crippen LogP) is 4.56. The Morgan fingerprint density at radius 3 is 2.74 bits per heavy atom. The quantitative estimate of drug-likeness (QED) is 0.864. The van der Waals surface area contributed by atoms with Gasteiger partial charge in [0.1, 0.15) is 5.82 Å². The Kier molecular flexibility index (Phi) is 4.56. The highest BCUT2D eigenvalue weighted by atomic mass is 35.5. The van der Waals surface area contributed by atoms with Crippen molar-refractivity contribution in [1.29, 1.82) is 0 Å². The Labute approximate surface area is 118 Å². The highest BCUT2D eigenvalue weighted by Gasteiger charge is 2.08. The molecule has 0 radical (unpaired) electrons. The first-order chi connectivity index (χ1) is 9.11. The largest absolute Gasteiger partial charge is 0.313 e. The average Bonchev–Trinajstić information content (AvgIpc) is 2.41. The second kappa shape index (κ2) is 6.18. The van der Waals surface area contributed by atoms with E-state index in [0.717, 1.165) is 24.2 Å². The van der Waals surface area contributed by atoms with Crippen molar-refractivity contribution in [1.82, 2.24) is 5.32 Å². The summed E-state index contributed by atoms with van der Waals surface area (Å²) < 4.78 is 13.4. The van der Waals surface area contributed by atoms with Gasteiger partial charge >= 0.3 is 0 Å². The van der Waals surface area contributed by atoms with Crippen LogP contribution in [0.3, 0.4) is 0 Å². The summed E-state index contributed by atoms with van der Waals surface area (Å²) >= 11 is 6.14. The molecule has 1 N–H and O–H groups in total. The van der Waals surface area contributed by atoms with Crippen molar-refractivity contribution in [2.45, 2.75) is 20.4 Å². The number of rotatable bonds is 4. The van der Waals surface area contributed by atoms with Crippen LogP contribution in [0, 0.1) is 12.7 Å². The average molecular weight is 278 g/mol. The van der Waals surface area contributed by atoms with Crippen LogP contribution in [0.5, 0.6) is 0 Å². The number of aryl methyl sites for hydroxylation is 1. The predicted molar refractivity (Wildman–Crippen MR) is 79.0 cm³/mol. The van der Waals surface area contributed by atoms with Crippen LogP contribution in [0.1, 0.15) is 18.1 Å². The van der Waals surface area contributed by atoms with E-state index in [4.69, 9.17) is 11.6 Å². The molecule has 100 valence electrons. The monoisotopic (exact) mass is 277 g/mol. The van der Waals surface area contributed by atoms with E-state index >= 15 is 0 Å². The lowest BCUT2D eigenvalue weighted by atomic mass is 10.0. The summed E-state index contributed by atoms with van der Waals surface area (Å²) in [5.41, 5.74) is 3.69. The van der Waals surface area contributed by atoms with Gasteiger partial charge in [-0.2, -0.15) is 0 Å². The standard InChI is InChI=1S/C16H17ClFN/c1-3-19-10-12-5-4-6-13(8-12)14-7-11(2)16(18)9-15(14)17/h4-9,19H,3,10H2,1-2H3. The van der Waals surface area contributed by atoms with Gasteiger partial charge in [-0.25, -0.2) is 4.39 Å². The van der Waals surface area contributed by atoms with Crippen molar-refractivity contribution < 1.29 is 4.39 Å². The summed E-state index contributed by atoms with van der Waals surface area (Å²) in [6.07, 6.45) is 0. The maximum atomic E-state index is 13.4. The zero-order chi connectivity index (χ0) is 13.8. The van der Waals surface area contributed by atoms with Gasteiger partial charge < -0.3 is 5.32 Å². The fourth-order valence-electron chi connectivity index (χ4n) is 2.00. The first kappa shape index (κ1) is 14.0. The van der Waals surface area contributed by atoms with Crippen LogP contribution >= 0.6 is 11.6 Å². The molecule has 3 heteroatoms. The van der Waals surface area contributed by atoms with Crippen LogP contribution < -0.4 is 5.32 Å². The maximum absolute atomic E-state index is 13.4. The zero-order valence-electron chi connectivity index (χ0n) is 11.1. The van der Waals surface area contributed by atoms with E-state index in [-0.39, 0.29) is 5.82 Å². The van der Waals surface area contributed by atoms with Crippen LogP contribution in [0.15, 0.2) is 36.4 Å². The Bertz CT molecular complexity index is 581. The Balaban J connectivity index is 2.38. The van der Waals surface area contributed by atoms with Crippen molar-refractivity contribution in [3.8, 4) is 11.1 Å². The second-order valence-electron chi connectivity index (χ2n) is 4.56. The van der Waals surface area contributed by atoms with Gasteiger partial charge in [0.05, 0.1) is 5.02 Å². The zero-order valence-corrected chi connectivity index (χ0v) is 11.9. The van der Waals surface area contributed by atoms with Crippen molar-refractivity contribution in [2.75, 3.05) is 6.54 Å². The minimum Gasteiger partial charge on any atom is -0.313 e. The summed E-state index contributed by atoms with van der Waals surface area (Å²) in [7, 11) is 0. The van der Waals surface area contributed by atoms with Gasteiger partial charge in [-0.3, -0.25) is 0 Å². The smallest absolute Gasteiger partial charge is 0.127 e. The van der Waals surface area contributed by atoms with E-state index in [1.807, 2.05) is 12.1 Å². The van der Waals surface area contributed by atoms with Gasteiger partial charge in [0.25, 0.3) is 0 Å². The normalized spacial score (nSPS) is 10.7. The molecule has 19 heavy (non-hydrogen) atoms. The van der Waals surface area contributed by atoms with E-state index in [1.165, 1.54) is 11.6 Å². The summed E-state index contributed by atoms with van der Waals surface area (Å²) in [5.74, 6) is -0.266. The van der Waals surface area contributed by atoms with Crippen LogP contribution in [0.2, 0.25) is 5.02 Å². The third-order valence-corrected chi connectivity index (χ3v) is 3.38. The molecule has 0 heterocycles. The fraction of sp³-hybridized carbons (Fsp3) is 0.250. The van der Waals surface area contributed by atoms with Gasteiger partial charge in [-0.15, -0.1) is 0 Å². The number of nitrogens with one attached hydrogen (secondary N) is 1. The number of benzene rings is 2. The summed E-state index contributed by atoms with van der Waals surface area (Å²) in [6.45, 7) is 5.57. The summed E-state index contributed by atoms with van der Waals surface area (Å²) in [4.78, 5) is 0. The molecule has 0 saturated heterocycles. The van der Waals surface area contributed by atoms with Gasteiger partial charge in [-0.05, 0) is 48.4 Å². The molecule has 0 saturated carbocycles. The van der Waals surface area contributed by atoms with Gasteiger partial charge in [-0.1, -0.05) is 36.7 Å². The Morgan fingerprint density at radius 2 is 2.00 bits per heavy atom. The first-order valence-electron chi connectivity index (χ1n) is 6.37. The van der Waals surface area contributed by atoms with Crippen molar-refractivity contribution >= 4 is 11.6 Å². The molecular weight excluding hydrogens is 261 g/mol. The molecular formula is C16H17ClFN. The minimum atomic E-state index is -0.266. The fourth-order valence-corrected chi connectivity index (χ4v) is 2.26. The van der Waals surface area contributed by atoms with E-state index in [2.05, 4.69) is 24.4 Å². The minimum absolute atomic E-state index is 0.266. The van der Waals surface area contributed by atoms with Crippen LogP contribution in [-0.4, -0.2) is 6.54 Å². The molecule has 2 aromatic carbocycles. The lowest BCUT2D eigenvalue weighted by Crippen LogP contribution is -2.11. The first-order valence-corrected chi connectivity index (χ1v) is 6.75. The van der Waals surface area contributed by atoms with Crippen molar-refractivity contribution in [2.24, 2.45) is 0 Å². The summed E-state index contributed by atoms with van der Waals surface area (Å²) in [5, 5.41) is 3.73. The third-order valence-electron chi connectivity index (χ3n) is 3.07. The highest BCUT2D eigenvalue weighted by Crippen LogP contribution is 2.30. The molecule has 0 bridgehead atoms. The number of halogens is 2. The van der Waals surface area contributed by atoms with Gasteiger partial charge in [0, 0.05) is 12.1 Å². The SMILES string of the molecule is CCNCc1cccc(-c2cc(C)c(F)cc2Cl)c1. The summed E-state index contributed by atoms with van der Waals surface area (Å²) in [6, 6.07) is 11.3. The molecule has 0 atom stereocenters. The van der Waals surface area contributed by atoms with E-state index in [9.17, 15) is 4.39 Å². The topological polar surface area (TPSA) is 12.0 Å². The number of hydrogen-bond acceptors (Lipinski definition) is 1. The molecule has 1 nitrogen and oxygen atoms in total. The van der Waals surface area contributed by atoms with Crippen LogP contribution in [0.25, 0.3) is 11.1 Å². The van der Waals surface area contributed by atoms with Crippen LogP contribution in [0.4, 0.5) is 4.39 Å². The number of hydrogen-bond donors (Lipinski definition) is 1. The molecule has 0 spiro atoms.